The predicted molar refractivity (Wildman–Crippen MR) is 55.4 cm³/mol. The number of hydrogen-bond acceptors (Lipinski definition) is 3. The summed E-state index contributed by atoms with van der Waals surface area (Å²) in [6, 6.07) is 8.01. The van der Waals surface area contributed by atoms with Crippen molar-refractivity contribution in [2.45, 2.75) is 0 Å². The molecule has 1 fully saturated rings. The number of benzene rings is 1. The number of anilines is 2. The van der Waals surface area contributed by atoms with Crippen LogP contribution in [0, 0.1) is 6.54 Å². The minimum atomic E-state index is 0.822. The van der Waals surface area contributed by atoms with E-state index in [0.29, 0.717) is 0 Å². The number of nitrogens with one attached hydrogen (secondary N) is 1. The summed E-state index contributed by atoms with van der Waals surface area (Å²) in [5.74, 6) is 0. The van der Waals surface area contributed by atoms with E-state index in [9.17, 15) is 0 Å². The highest BCUT2D eigenvalue weighted by Gasteiger charge is 2.09. The number of nitrogens with two attached hydrogens (primary N) is 1. The second-order valence-electron chi connectivity index (χ2n) is 3.20. The van der Waals surface area contributed by atoms with Gasteiger partial charge in [-0.1, -0.05) is 0 Å². The zero-order valence-corrected chi connectivity index (χ0v) is 7.53. The van der Waals surface area contributed by atoms with Crippen molar-refractivity contribution in [2.24, 2.45) is 0 Å². The maximum Gasteiger partial charge on any atom is 0.0416 e. The lowest BCUT2D eigenvalue weighted by molar-refractivity contribution is 0.653. The zero-order chi connectivity index (χ0) is 9.10. The summed E-state index contributed by atoms with van der Waals surface area (Å²) in [5, 5.41) is 3.20. The molecule has 13 heavy (non-hydrogen) atoms. The Morgan fingerprint density at radius 3 is 2.62 bits per heavy atom. The van der Waals surface area contributed by atoms with Gasteiger partial charge in [-0.05, 0) is 24.3 Å². The Balaban J connectivity index is 2.10. The Labute approximate surface area is 78.5 Å². The van der Waals surface area contributed by atoms with Crippen molar-refractivity contribution in [3.63, 3.8) is 0 Å². The van der Waals surface area contributed by atoms with Crippen LogP contribution in [0.1, 0.15) is 0 Å². The molecule has 1 aliphatic rings. The predicted octanol–water partition coefficient (Wildman–Crippen LogP) is 0.840. The number of nitrogens with zero attached hydrogens (tertiary/aromatic N) is 1. The molecule has 1 heterocycles. The lowest BCUT2D eigenvalue weighted by atomic mass is 10.2. The van der Waals surface area contributed by atoms with Crippen molar-refractivity contribution >= 4 is 11.4 Å². The van der Waals surface area contributed by atoms with E-state index in [4.69, 9.17) is 5.73 Å². The van der Waals surface area contributed by atoms with E-state index in [-0.39, 0.29) is 0 Å². The van der Waals surface area contributed by atoms with Crippen LogP contribution < -0.4 is 16.0 Å². The summed E-state index contributed by atoms with van der Waals surface area (Å²) in [7, 11) is 0. The summed E-state index contributed by atoms with van der Waals surface area (Å²) >= 11 is 0. The van der Waals surface area contributed by atoms with Crippen LogP contribution in [-0.4, -0.2) is 19.6 Å². The Hall–Kier alpha value is -1.22. The van der Waals surface area contributed by atoms with E-state index in [1.54, 1.807) is 0 Å². The number of hydrogen-bond donors (Lipinski definition) is 2. The van der Waals surface area contributed by atoms with E-state index in [0.717, 1.165) is 25.3 Å². The smallest absolute Gasteiger partial charge is 0.0416 e. The maximum absolute atomic E-state index is 5.62. The van der Waals surface area contributed by atoms with Gasteiger partial charge in [0.2, 0.25) is 0 Å². The van der Waals surface area contributed by atoms with Crippen LogP contribution in [-0.2, 0) is 0 Å². The number of nitrogen functional groups attached to an aromatic ring is 1. The minimum Gasteiger partial charge on any atom is -0.399 e. The third kappa shape index (κ3) is 1.92. The Kier molecular flexibility index (Phi) is 2.36. The molecule has 0 aromatic heterocycles. The van der Waals surface area contributed by atoms with Gasteiger partial charge in [0, 0.05) is 37.6 Å². The third-order valence-corrected chi connectivity index (χ3v) is 2.24. The highest BCUT2D eigenvalue weighted by molar-refractivity contribution is 5.53. The molecular formula is C10H14N3. The van der Waals surface area contributed by atoms with E-state index < -0.39 is 0 Å². The zero-order valence-electron chi connectivity index (χ0n) is 7.53. The summed E-state index contributed by atoms with van der Waals surface area (Å²) in [6.45, 7) is 5.12. The van der Waals surface area contributed by atoms with Gasteiger partial charge in [-0.25, -0.2) is 0 Å². The molecule has 3 nitrogen and oxygen atoms in total. The van der Waals surface area contributed by atoms with Gasteiger partial charge in [0.15, 0.2) is 0 Å². The molecule has 0 unspecified atom stereocenters. The first-order valence-electron chi connectivity index (χ1n) is 4.52. The van der Waals surface area contributed by atoms with Crippen molar-refractivity contribution in [3.05, 3.63) is 30.8 Å². The first-order chi connectivity index (χ1) is 6.36. The molecule has 3 heteroatoms. The fourth-order valence-electron chi connectivity index (χ4n) is 1.49. The van der Waals surface area contributed by atoms with Gasteiger partial charge in [-0.2, -0.15) is 0 Å². The van der Waals surface area contributed by atoms with Crippen LogP contribution in [0.4, 0.5) is 11.4 Å². The van der Waals surface area contributed by atoms with Crippen molar-refractivity contribution in [1.82, 2.24) is 5.32 Å². The van der Waals surface area contributed by atoms with Gasteiger partial charge >= 0.3 is 0 Å². The molecule has 0 aliphatic carbocycles. The SMILES string of the molecule is Nc1ccc(N2C[CH]NCC2)cc1. The Morgan fingerprint density at radius 1 is 1.23 bits per heavy atom. The molecular weight excluding hydrogens is 162 g/mol. The summed E-state index contributed by atoms with van der Waals surface area (Å²) in [4.78, 5) is 2.32. The van der Waals surface area contributed by atoms with Crippen molar-refractivity contribution in [2.75, 3.05) is 30.3 Å². The molecule has 0 bridgehead atoms. The average molecular weight is 176 g/mol. The monoisotopic (exact) mass is 176 g/mol. The van der Waals surface area contributed by atoms with Crippen LogP contribution in [0.2, 0.25) is 0 Å². The first-order valence-corrected chi connectivity index (χ1v) is 4.52. The molecule has 3 N–H and O–H groups in total. The minimum absolute atomic E-state index is 0.822. The topological polar surface area (TPSA) is 41.3 Å². The summed E-state index contributed by atoms with van der Waals surface area (Å²) in [5.41, 5.74) is 7.68. The molecule has 1 aliphatic heterocycles. The lowest BCUT2D eigenvalue weighted by Crippen LogP contribution is -2.40. The number of piperazine rings is 1. The molecule has 0 saturated carbocycles. The highest BCUT2D eigenvalue weighted by Crippen LogP contribution is 2.16. The van der Waals surface area contributed by atoms with Crippen LogP contribution in [0.25, 0.3) is 0 Å². The molecule has 1 aromatic carbocycles. The van der Waals surface area contributed by atoms with Gasteiger partial charge in [0.25, 0.3) is 0 Å². The summed E-state index contributed by atoms with van der Waals surface area (Å²) in [6.07, 6.45) is 0. The Morgan fingerprint density at radius 2 is 2.00 bits per heavy atom. The molecule has 1 radical (unpaired) electrons. The quantitative estimate of drug-likeness (QED) is 0.623. The van der Waals surface area contributed by atoms with Crippen LogP contribution >= 0.6 is 0 Å². The van der Waals surface area contributed by atoms with E-state index >= 15 is 0 Å². The largest absolute Gasteiger partial charge is 0.399 e. The van der Waals surface area contributed by atoms with Gasteiger partial charge < -0.3 is 16.0 Å². The van der Waals surface area contributed by atoms with Gasteiger partial charge in [0.05, 0.1) is 0 Å². The molecule has 0 amide bonds. The highest BCUT2D eigenvalue weighted by atomic mass is 15.2. The number of rotatable bonds is 1. The molecule has 1 aromatic rings. The molecule has 2 rings (SSSR count). The van der Waals surface area contributed by atoms with Crippen LogP contribution in [0.15, 0.2) is 24.3 Å². The fraction of sp³-hybridized carbons (Fsp3) is 0.300. The second kappa shape index (κ2) is 3.66. The molecule has 0 spiro atoms. The van der Waals surface area contributed by atoms with Crippen molar-refractivity contribution in [3.8, 4) is 0 Å². The van der Waals surface area contributed by atoms with Crippen LogP contribution in [0.3, 0.4) is 0 Å². The normalized spacial score (nSPS) is 17.4. The second-order valence-corrected chi connectivity index (χ2v) is 3.20. The maximum atomic E-state index is 5.62. The molecule has 1 saturated heterocycles. The van der Waals surface area contributed by atoms with E-state index in [2.05, 4.69) is 28.9 Å². The fourth-order valence-corrected chi connectivity index (χ4v) is 1.49. The van der Waals surface area contributed by atoms with E-state index in [1.807, 2.05) is 12.1 Å². The lowest BCUT2D eigenvalue weighted by Gasteiger charge is -2.29. The first kappa shape index (κ1) is 8.38. The van der Waals surface area contributed by atoms with Gasteiger partial charge in [-0.3, -0.25) is 0 Å². The summed E-state index contributed by atoms with van der Waals surface area (Å²) < 4.78 is 0. The Bertz CT molecular complexity index is 262. The third-order valence-electron chi connectivity index (χ3n) is 2.24. The van der Waals surface area contributed by atoms with Crippen LogP contribution in [0.5, 0.6) is 0 Å². The van der Waals surface area contributed by atoms with Gasteiger partial charge in [0.1, 0.15) is 0 Å². The average Bonchev–Trinajstić information content (AvgIpc) is 2.20. The standard InChI is InChI=1S/C10H14N3/c11-9-1-3-10(4-2-9)13-7-5-12-6-8-13/h1-5,12H,6-8,11H2. The molecule has 69 valence electrons. The van der Waals surface area contributed by atoms with E-state index in [1.165, 1.54) is 5.69 Å². The van der Waals surface area contributed by atoms with Crippen molar-refractivity contribution < 1.29 is 0 Å². The molecule has 0 atom stereocenters. The van der Waals surface area contributed by atoms with Gasteiger partial charge in [-0.15, -0.1) is 0 Å². The van der Waals surface area contributed by atoms with Crippen molar-refractivity contribution in [1.29, 1.82) is 0 Å².